The number of piperazine rings is 1. The van der Waals surface area contributed by atoms with Crippen molar-refractivity contribution in [2.45, 2.75) is 6.61 Å². The monoisotopic (exact) mass is 406 g/mol. The lowest BCUT2D eigenvalue weighted by Crippen LogP contribution is -2.49. The van der Waals surface area contributed by atoms with E-state index in [0.29, 0.717) is 30.7 Å². The number of halogens is 1. The van der Waals surface area contributed by atoms with Crippen molar-refractivity contribution in [2.24, 2.45) is 7.05 Å². The smallest absolute Gasteiger partial charge is 0.410 e. The second kappa shape index (κ2) is 7.69. The molecule has 0 unspecified atom stereocenters. The van der Waals surface area contributed by atoms with E-state index < -0.39 is 0 Å². The van der Waals surface area contributed by atoms with Crippen molar-refractivity contribution in [2.75, 3.05) is 31.1 Å². The number of hydrogen-bond donors (Lipinski definition) is 0. The standard InChI is InChI=1S/C17H19BrN4O3/c1-20-16(23)15(18)14(11-19-20)21-7-9-22(10-8-21)17(24)25-12-13-5-3-2-4-6-13/h2-6,11H,7-10,12H2,1H3. The molecule has 8 heteroatoms. The molecule has 3 rings (SSSR count). The van der Waals surface area contributed by atoms with Crippen molar-refractivity contribution in [3.8, 4) is 0 Å². The second-order valence-corrected chi connectivity index (χ2v) is 6.58. The number of aryl methyl sites for hydroxylation is 1. The van der Waals surface area contributed by atoms with Gasteiger partial charge < -0.3 is 14.5 Å². The van der Waals surface area contributed by atoms with Gasteiger partial charge in [-0.25, -0.2) is 9.48 Å². The van der Waals surface area contributed by atoms with Crippen LogP contribution in [-0.2, 0) is 18.4 Å². The third kappa shape index (κ3) is 4.01. The number of carbonyl (C=O) groups is 1. The van der Waals surface area contributed by atoms with Crippen molar-refractivity contribution in [1.82, 2.24) is 14.7 Å². The van der Waals surface area contributed by atoms with Gasteiger partial charge in [0.1, 0.15) is 11.1 Å². The molecular formula is C17H19BrN4O3. The SMILES string of the molecule is Cn1ncc(N2CCN(C(=O)OCc3ccccc3)CC2)c(Br)c1=O. The molecule has 2 aromatic rings. The predicted octanol–water partition coefficient (Wildman–Crippen LogP) is 2.00. The maximum atomic E-state index is 12.2. The van der Waals surface area contributed by atoms with Gasteiger partial charge in [0, 0.05) is 33.2 Å². The molecular weight excluding hydrogens is 388 g/mol. The van der Waals surface area contributed by atoms with E-state index in [2.05, 4.69) is 21.0 Å². The van der Waals surface area contributed by atoms with Crippen LogP contribution >= 0.6 is 15.9 Å². The molecule has 7 nitrogen and oxygen atoms in total. The number of hydrogen-bond acceptors (Lipinski definition) is 5. The maximum absolute atomic E-state index is 12.2. The Balaban J connectivity index is 1.56. The molecule has 0 N–H and O–H groups in total. The van der Waals surface area contributed by atoms with E-state index in [1.807, 2.05) is 35.2 Å². The first-order valence-corrected chi connectivity index (χ1v) is 8.78. The second-order valence-electron chi connectivity index (χ2n) is 5.79. The number of anilines is 1. The first-order chi connectivity index (χ1) is 12.1. The van der Waals surface area contributed by atoms with Crippen LogP contribution in [0.1, 0.15) is 5.56 Å². The number of rotatable bonds is 3. The van der Waals surface area contributed by atoms with E-state index in [0.717, 1.165) is 11.3 Å². The third-order valence-corrected chi connectivity index (χ3v) is 4.89. The number of ether oxygens (including phenoxy) is 1. The molecule has 0 atom stereocenters. The Labute approximate surface area is 153 Å². The first-order valence-electron chi connectivity index (χ1n) is 7.98. The van der Waals surface area contributed by atoms with Gasteiger partial charge in [0.25, 0.3) is 5.56 Å². The fraction of sp³-hybridized carbons (Fsp3) is 0.353. The maximum Gasteiger partial charge on any atom is 0.410 e. The molecule has 0 aliphatic carbocycles. The Morgan fingerprint density at radius 1 is 1.20 bits per heavy atom. The number of amides is 1. The molecule has 0 saturated carbocycles. The number of benzene rings is 1. The van der Waals surface area contributed by atoms with E-state index in [1.165, 1.54) is 4.68 Å². The molecule has 1 aromatic heterocycles. The predicted molar refractivity (Wildman–Crippen MR) is 97.6 cm³/mol. The van der Waals surface area contributed by atoms with E-state index >= 15 is 0 Å². The lowest BCUT2D eigenvalue weighted by atomic mass is 10.2. The zero-order valence-electron chi connectivity index (χ0n) is 13.9. The normalized spacial score (nSPS) is 14.5. The zero-order valence-corrected chi connectivity index (χ0v) is 15.5. The van der Waals surface area contributed by atoms with Crippen LogP contribution < -0.4 is 10.5 Å². The Hall–Kier alpha value is -2.35. The van der Waals surface area contributed by atoms with E-state index in [1.54, 1.807) is 18.1 Å². The van der Waals surface area contributed by atoms with Crippen LogP contribution in [0.3, 0.4) is 0 Å². The highest BCUT2D eigenvalue weighted by Crippen LogP contribution is 2.22. The van der Waals surface area contributed by atoms with E-state index in [9.17, 15) is 9.59 Å². The summed E-state index contributed by atoms with van der Waals surface area (Å²) in [4.78, 5) is 27.9. The summed E-state index contributed by atoms with van der Waals surface area (Å²) in [5.74, 6) is 0. The molecule has 132 valence electrons. The average molecular weight is 407 g/mol. The minimum atomic E-state index is -0.315. The van der Waals surface area contributed by atoms with Gasteiger partial charge >= 0.3 is 6.09 Å². The topological polar surface area (TPSA) is 67.7 Å². The highest BCUT2D eigenvalue weighted by Gasteiger charge is 2.24. The van der Waals surface area contributed by atoms with Crippen molar-refractivity contribution in [3.63, 3.8) is 0 Å². The van der Waals surface area contributed by atoms with Gasteiger partial charge in [0.2, 0.25) is 0 Å². The highest BCUT2D eigenvalue weighted by molar-refractivity contribution is 9.10. The molecule has 1 amide bonds. The average Bonchev–Trinajstić information content (AvgIpc) is 2.65. The van der Waals surface area contributed by atoms with E-state index in [-0.39, 0.29) is 18.3 Å². The van der Waals surface area contributed by atoms with Crippen molar-refractivity contribution < 1.29 is 9.53 Å². The lowest BCUT2D eigenvalue weighted by Gasteiger charge is -2.35. The van der Waals surface area contributed by atoms with Crippen LogP contribution in [0.5, 0.6) is 0 Å². The lowest BCUT2D eigenvalue weighted by molar-refractivity contribution is 0.0942. The van der Waals surface area contributed by atoms with Crippen LogP contribution in [-0.4, -0.2) is 47.0 Å². The number of aromatic nitrogens is 2. The van der Waals surface area contributed by atoms with Gasteiger partial charge in [-0.05, 0) is 21.5 Å². The molecule has 0 spiro atoms. The summed E-state index contributed by atoms with van der Waals surface area (Å²) >= 11 is 3.34. The zero-order chi connectivity index (χ0) is 17.8. The largest absolute Gasteiger partial charge is 0.445 e. The summed E-state index contributed by atoms with van der Waals surface area (Å²) < 4.78 is 7.13. The summed E-state index contributed by atoms with van der Waals surface area (Å²) in [6.07, 6.45) is 1.35. The van der Waals surface area contributed by atoms with Crippen LogP contribution in [0.25, 0.3) is 0 Å². The van der Waals surface area contributed by atoms with Crippen LogP contribution in [0.4, 0.5) is 10.5 Å². The molecule has 25 heavy (non-hydrogen) atoms. The van der Waals surface area contributed by atoms with Crippen molar-refractivity contribution in [3.05, 3.63) is 56.9 Å². The number of nitrogens with zero attached hydrogens (tertiary/aromatic N) is 4. The van der Waals surface area contributed by atoms with Gasteiger partial charge in [-0.3, -0.25) is 4.79 Å². The van der Waals surface area contributed by atoms with Gasteiger partial charge in [-0.15, -0.1) is 0 Å². The summed E-state index contributed by atoms with van der Waals surface area (Å²) in [7, 11) is 1.61. The molecule has 1 aromatic carbocycles. The molecule has 2 heterocycles. The fourth-order valence-corrected chi connectivity index (χ4v) is 3.27. The quantitative estimate of drug-likeness (QED) is 0.779. The Kier molecular flexibility index (Phi) is 5.37. The number of carbonyl (C=O) groups excluding carboxylic acids is 1. The van der Waals surface area contributed by atoms with Gasteiger partial charge in [0.05, 0.1) is 11.9 Å². The van der Waals surface area contributed by atoms with Gasteiger partial charge in [-0.2, -0.15) is 5.10 Å². The van der Waals surface area contributed by atoms with Crippen LogP contribution in [0, 0.1) is 0 Å². The summed E-state index contributed by atoms with van der Waals surface area (Å²) in [6, 6.07) is 9.60. The van der Waals surface area contributed by atoms with E-state index in [4.69, 9.17) is 4.74 Å². The van der Waals surface area contributed by atoms with Crippen LogP contribution in [0.15, 0.2) is 45.8 Å². The molecule has 1 fully saturated rings. The molecule has 1 aliphatic rings. The highest BCUT2D eigenvalue weighted by atomic mass is 79.9. The Morgan fingerprint density at radius 2 is 1.88 bits per heavy atom. The molecule has 1 aliphatic heterocycles. The summed E-state index contributed by atoms with van der Waals surface area (Å²) in [6.45, 7) is 2.58. The Bertz CT molecular complexity index is 801. The van der Waals surface area contributed by atoms with Gasteiger partial charge in [0.15, 0.2) is 0 Å². The third-order valence-electron chi connectivity index (χ3n) is 4.14. The fourth-order valence-electron chi connectivity index (χ4n) is 2.66. The minimum absolute atomic E-state index is 0.179. The van der Waals surface area contributed by atoms with Crippen molar-refractivity contribution in [1.29, 1.82) is 0 Å². The Morgan fingerprint density at radius 3 is 2.56 bits per heavy atom. The molecule has 1 saturated heterocycles. The summed E-state index contributed by atoms with van der Waals surface area (Å²) in [5.41, 5.74) is 1.53. The van der Waals surface area contributed by atoms with Crippen LogP contribution in [0.2, 0.25) is 0 Å². The first kappa shape index (κ1) is 17.5. The molecule has 0 bridgehead atoms. The minimum Gasteiger partial charge on any atom is -0.445 e. The molecule has 0 radical (unpaired) electrons. The van der Waals surface area contributed by atoms with Gasteiger partial charge in [-0.1, -0.05) is 30.3 Å². The van der Waals surface area contributed by atoms with Crippen molar-refractivity contribution >= 4 is 27.7 Å². The summed E-state index contributed by atoms with van der Waals surface area (Å²) in [5, 5.41) is 4.06.